The largest absolute Gasteiger partial charge is 0.507 e. The topological polar surface area (TPSA) is 70.5 Å². The van der Waals surface area contributed by atoms with Crippen molar-refractivity contribution in [2.24, 2.45) is 0 Å². The Kier molecular flexibility index (Phi) is 5.02. The fraction of sp³-hybridized carbons (Fsp3) is 0.269. The summed E-state index contributed by atoms with van der Waals surface area (Å²) in [5.41, 5.74) is 1.43. The molecule has 5 heteroatoms. The number of fused-ring (bicyclic) bond motifs is 1. The number of nitrogens with zero attached hydrogens (tertiary/aromatic N) is 2. The Morgan fingerprint density at radius 3 is 2.45 bits per heavy atom. The lowest BCUT2D eigenvalue weighted by Crippen LogP contribution is -2.40. The molecular weight excluding hydrogens is 388 g/mol. The van der Waals surface area contributed by atoms with Crippen LogP contribution in [0.1, 0.15) is 49.3 Å². The molecule has 1 amide bonds. The Labute approximate surface area is 181 Å². The van der Waals surface area contributed by atoms with E-state index in [0.29, 0.717) is 5.56 Å². The highest BCUT2D eigenvalue weighted by Crippen LogP contribution is 2.43. The number of aliphatic hydroxyl groups is 1. The van der Waals surface area contributed by atoms with Crippen LogP contribution in [0.4, 0.5) is 0 Å². The molecule has 5 nitrogen and oxygen atoms in total. The van der Waals surface area contributed by atoms with Gasteiger partial charge in [-0.15, -0.1) is 0 Å². The molecule has 0 spiro atoms. The van der Waals surface area contributed by atoms with Crippen LogP contribution in [0.3, 0.4) is 0 Å². The monoisotopic (exact) mass is 412 g/mol. The summed E-state index contributed by atoms with van der Waals surface area (Å²) >= 11 is 0. The van der Waals surface area contributed by atoms with Crippen molar-refractivity contribution in [1.82, 2.24) is 9.88 Å². The maximum atomic E-state index is 13.2. The fourth-order valence-electron chi connectivity index (χ4n) is 4.94. The van der Waals surface area contributed by atoms with Crippen molar-refractivity contribution in [2.75, 3.05) is 0 Å². The summed E-state index contributed by atoms with van der Waals surface area (Å²) in [4.78, 5) is 32.3. The molecule has 1 atom stereocenters. The van der Waals surface area contributed by atoms with E-state index in [4.69, 9.17) is 0 Å². The summed E-state index contributed by atoms with van der Waals surface area (Å²) in [7, 11) is 0. The van der Waals surface area contributed by atoms with E-state index in [1.165, 1.54) is 0 Å². The molecule has 31 heavy (non-hydrogen) atoms. The fourth-order valence-corrected chi connectivity index (χ4v) is 4.94. The molecule has 1 N–H and O–H groups in total. The third kappa shape index (κ3) is 3.40. The predicted molar refractivity (Wildman–Crippen MR) is 119 cm³/mol. The van der Waals surface area contributed by atoms with E-state index in [0.717, 1.165) is 48.4 Å². The Morgan fingerprint density at radius 2 is 1.71 bits per heavy atom. The molecule has 2 aliphatic rings. The van der Waals surface area contributed by atoms with Crippen molar-refractivity contribution in [3.05, 3.63) is 83.7 Å². The molecular formula is C26H24N2O3. The Morgan fingerprint density at radius 1 is 0.935 bits per heavy atom. The van der Waals surface area contributed by atoms with Gasteiger partial charge in [0.05, 0.1) is 11.6 Å². The zero-order chi connectivity index (χ0) is 21.4. The van der Waals surface area contributed by atoms with Crippen LogP contribution in [-0.2, 0) is 9.59 Å². The summed E-state index contributed by atoms with van der Waals surface area (Å²) in [6.45, 7) is 0. The van der Waals surface area contributed by atoms with Crippen LogP contribution in [0.25, 0.3) is 16.5 Å². The third-order valence-corrected chi connectivity index (χ3v) is 6.47. The SMILES string of the molecule is O=C1C(=O)N(C2CCCCC2)C(c2cccnc2)/C1=C(/O)c1ccc2ccccc2c1. The molecule has 1 saturated heterocycles. The zero-order valence-corrected chi connectivity index (χ0v) is 17.2. The van der Waals surface area contributed by atoms with Gasteiger partial charge in [-0.2, -0.15) is 0 Å². The maximum absolute atomic E-state index is 13.2. The Bertz CT molecular complexity index is 1180. The van der Waals surface area contributed by atoms with E-state index < -0.39 is 17.7 Å². The van der Waals surface area contributed by atoms with Crippen molar-refractivity contribution in [1.29, 1.82) is 0 Å². The Hall–Kier alpha value is -3.47. The van der Waals surface area contributed by atoms with Crippen LogP contribution < -0.4 is 0 Å². The average Bonchev–Trinajstić information content (AvgIpc) is 3.10. The number of benzene rings is 2. The lowest BCUT2D eigenvalue weighted by molar-refractivity contribution is -0.141. The first-order chi connectivity index (χ1) is 15.1. The highest BCUT2D eigenvalue weighted by atomic mass is 16.3. The van der Waals surface area contributed by atoms with Crippen molar-refractivity contribution in [2.45, 2.75) is 44.2 Å². The van der Waals surface area contributed by atoms with Gasteiger partial charge in [-0.25, -0.2) is 0 Å². The van der Waals surface area contributed by atoms with E-state index >= 15 is 0 Å². The zero-order valence-electron chi connectivity index (χ0n) is 17.2. The van der Waals surface area contributed by atoms with E-state index in [9.17, 15) is 14.7 Å². The van der Waals surface area contributed by atoms with Gasteiger partial charge in [0, 0.05) is 24.0 Å². The molecule has 1 saturated carbocycles. The van der Waals surface area contributed by atoms with E-state index in [1.54, 1.807) is 29.4 Å². The summed E-state index contributed by atoms with van der Waals surface area (Å²) < 4.78 is 0. The van der Waals surface area contributed by atoms with Gasteiger partial charge >= 0.3 is 0 Å². The number of carbonyl (C=O) groups is 2. The minimum Gasteiger partial charge on any atom is -0.507 e. The van der Waals surface area contributed by atoms with E-state index in [1.807, 2.05) is 42.5 Å². The molecule has 1 unspecified atom stereocenters. The molecule has 2 aromatic carbocycles. The van der Waals surface area contributed by atoms with Gasteiger partial charge in [-0.05, 0) is 41.3 Å². The number of aromatic nitrogens is 1. The second-order valence-electron chi connectivity index (χ2n) is 8.35. The summed E-state index contributed by atoms with van der Waals surface area (Å²) in [5.74, 6) is -1.27. The molecule has 1 aliphatic carbocycles. The first-order valence-corrected chi connectivity index (χ1v) is 10.8. The van der Waals surface area contributed by atoms with Gasteiger partial charge in [0.1, 0.15) is 5.76 Å². The number of hydrogen-bond acceptors (Lipinski definition) is 4. The van der Waals surface area contributed by atoms with Crippen LogP contribution in [0.15, 0.2) is 72.6 Å². The van der Waals surface area contributed by atoms with Gasteiger partial charge in [0.15, 0.2) is 0 Å². The number of likely N-dealkylation sites (tertiary alicyclic amines) is 1. The van der Waals surface area contributed by atoms with E-state index in [2.05, 4.69) is 4.98 Å². The number of aliphatic hydroxyl groups excluding tert-OH is 1. The quantitative estimate of drug-likeness (QED) is 0.374. The van der Waals surface area contributed by atoms with Crippen LogP contribution in [0.2, 0.25) is 0 Å². The Balaban J connectivity index is 1.67. The second-order valence-corrected chi connectivity index (χ2v) is 8.35. The van der Waals surface area contributed by atoms with Crippen molar-refractivity contribution in [3.8, 4) is 0 Å². The molecule has 2 fully saturated rings. The predicted octanol–water partition coefficient (Wildman–Crippen LogP) is 4.99. The molecule has 0 radical (unpaired) electrons. The first kappa shape index (κ1) is 19.5. The number of Topliss-reactive ketones (excluding diaryl/α,β-unsaturated/α-hetero) is 1. The van der Waals surface area contributed by atoms with Crippen LogP contribution in [0, 0.1) is 0 Å². The van der Waals surface area contributed by atoms with E-state index in [-0.39, 0.29) is 17.4 Å². The van der Waals surface area contributed by atoms with Gasteiger partial charge in [-0.3, -0.25) is 14.6 Å². The second kappa shape index (κ2) is 7.99. The minimum absolute atomic E-state index is 0.00249. The molecule has 5 rings (SSSR count). The number of ketones is 1. The lowest BCUT2D eigenvalue weighted by Gasteiger charge is -2.35. The first-order valence-electron chi connectivity index (χ1n) is 10.8. The van der Waals surface area contributed by atoms with Gasteiger partial charge in [-0.1, -0.05) is 61.7 Å². The van der Waals surface area contributed by atoms with Crippen molar-refractivity contribution < 1.29 is 14.7 Å². The smallest absolute Gasteiger partial charge is 0.295 e. The number of pyridine rings is 1. The highest BCUT2D eigenvalue weighted by Gasteiger charge is 2.48. The van der Waals surface area contributed by atoms with Gasteiger partial charge < -0.3 is 10.0 Å². The molecule has 1 aromatic heterocycles. The summed E-state index contributed by atoms with van der Waals surface area (Å²) in [6, 6.07) is 16.5. The third-order valence-electron chi connectivity index (χ3n) is 6.47. The maximum Gasteiger partial charge on any atom is 0.295 e. The number of amides is 1. The highest BCUT2D eigenvalue weighted by molar-refractivity contribution is 6.46. The molecule has 0 bridgehead atoms. The van der Waals surface area contributed by atoms with Crippen molar-refractivity contribution >= 4 is 28.2 Å². The number of carbonyl (C=O) groups excluding carboxylic acids is 2. The summed E-state index contributed by atoms with van der Waals surface area (Å²) in [5, 5.41) is 13.3. The standard InChI is InChI=1S/C26H24N2O3/c29-24(19-13-12-17-7-4-5-8-18(17)15-19)22-23(20-9-6-14-27-16-20)28(26(31)25(22)30)21-10-2-1-3-11-21/h4-9,12-16,21,23,29H,1-3,10-11H2/b24-22-. The molecule has 156 valence electrons. The minimum atomic E-state index is -0.622. The number of rotatable bonds is 3. The van der Waals surface area contributed by atoms with Gasteiger partial charge in [0.25, 0.3) is 11.7 Å². The van der Waals surface area contributed by atoms with Crippen LogP contribution in [0.5, 0.6) is 0 Å². The van der Waals surface area contributed by atoms with Crippen LogP contribution in [-0.4, -0.2) is 32.7 Å². The average molecular weight is 412 g/mol. The molecule has 2 heterocycles. The molecule has 3 aromatic rings. The van der Waals surface area contributed by atoms with Gasteiger partial charge in [0.2, 0.25) is 0 Å². The van der Waals surface area contributed by atoms with Crippen LogP contribution >= 0.6 is 0 Å². The molecule has 1 aliphatic heterocycles. The summed E-state index contributed by atoms with van der Waals surface area (Å²) in [6.07, 6.45) is 8.32. The number of hydrogen-bond donors (Lipinski definition) is 1. The van der Waals surface area contributed by atoms with Crippen molar-refractivity contribution in [3.63, 3.8) is 0 Å². The normalized spacial score (nSPS) is 21.7. The lowest BCUT2D eigenvalue weighted by atomic mass is 9.91.